The van der Waals surface area contributed by atoms with Gasteiger partial charge in [0, 0.05) is 42.9 Å². The number of fused-ring (bicyclic) bond motifs is 1. The van der Waals surface area contributed by atoms with Gasteiger partial charge in [0.15, 0.2) is 5.82 Å². The van der Waals surface area contributed by atoms with Gasteiger partial charge in [-0.3, -0.25) is 9.48 Å². The van der Waals surface area contributed by atoms with Crippen molar-refractivity contribution in [3.05, 3.63) is 53.2 Å². The van der Waals surface area contributed by atoms with E-state index in [-0.39, 0.29) is 17.8 Å². The average molecular weight is 368 g/mol. The molecule has 1 amide bonds. The number of aromatic nitrogens is 5. The van der Waals surface area contributed by atoms with E-state index in [1.807, 2.05) is 16.3 Å². The van der Waals surface area contributed by atoms with E-state index < -0.39 is 0 Å². The number of nitrogens with zero attached hydrogens (tertiary/aromatic N) is 6. The Hall–Kier alpha value is -3.03. The lowest BCUT2D eigenvalue weighted by Gasteiger charge is -2.27. The summed E-state index contributed by atoms with van der Waals surface area (Å²) in [5.74, 6) is 0.244. The van der Waals surface area contributed by atoms with E-state index in [1.54, 1.807) is 11.2 Å². The molecule has 1 aliphatic rings. The number of benzene rings is 1. The SMILES string of the molecule is CC(C)n1cnnc1-c1nn(C)c2c1CN(C(=O)c1ccc(F)cc1)CC2. The van der Waals surface area contributed by atoms with Crippen molar-refractivity contribution in [2.75, 3.05) is 6.54 Å². The number of carbonyl (C=O) groups is 1. The van der Waals surface area contributed by atoms with Crippen molar-refractivity contribution in [2.24, 2.45) is 7.05 Å². The molecule has 140 valence electrons. The van der Waals surface area contributed by atoms with E-state index in [4.69, 9.17) is 0 Å². The summed E-state index contributed by atoms with van der Waals surface area (Å²) in [5.41, 5.74) is 3.34. The largest absolute Gasteiger partial charge is 0.334 e. The highest BCUT2D eigenvalue weighted by atomic mass is 19.1. The van der Waals surface area contributed by atoms with Crippen LogP contribution in [0.5, 0.6) is 0 Å². The number of carbonyl (C=O) groups excluding carboxylic acids is 1. The van der Waals surface area contributed by atoms with Crippen LogP contribution in [0.25, 0.3) is 11.5 Å². The first-order valence-electron chi connectivity index (χ1n) is 8.95. The van der Waals surface area contributed by atoms with Gasteiger partial charge >= 0.3 is 0 Å². The number of hydrogen-bond donors (Lipinski definition) is 0. The molecule has 0 aliphatic carbocycles. The molecule has 3 aromatic rings. The zero-order valence-electron chi connectivity index (χ0n) is 15.6. The van der Waals surface area contributed by atoms with Crippen molar-refractivity contribution in [3.8, 4) is 11.5 Å². The number of hydrogen-bond acceptors (Lipinski definition) is 4. The molecule has 0 atom stereocenters. The zero-order chi connectivity index (χ0) is 19.1. The van der Waals surface area contributed by atoms with Gasteiger partial charge in [0.25, 0.3) is 5.91 Å². The van der Waals surface area contributed by atoms with Crippen LogP contribution in [0.2, 0.25) is 0 Å². The van der Waals surface area contributed by atoms with Gasteiger partial charge in [0.05, 0.1) is 6.54 Å². The number of halogens is 1. The first-order valence-corrected chi connectivity index (χ1v) is 8.95. The Kier molecular flexibility index (Phi) is 4.25. The fourth-order valence-corrected chi connectivity index (χ4v) is 3.51. The van der Waals surface area contributed by atoms with Crippen molar-refractivity contribution in [1.82, 2.24) is 29.4 Å². The average Bonchev–Trinajstić information content (AvgIpc) is 3.26. The Morgan fingerprint density at radius 1 is 1.22 bits per heavy atom. The smallest absolute Gasteiger partial charge is 0.254 e. The van der Waals surface area contributed by atoms with E-state index >= 15 is 0 Å². The van der Waals surface area contributed by atoms with Gasteiger partial charge in [-0.2, -0.15) is 5.10 Å². The van der Waals surface area contributed by atoms with Gasteiger partial charge in [-0.25, -0.2) is 4.39 Å². The first-order chi connectivity index (χ1) is 13.0. The molecule has 8 heteroatoms. The first kappa shape index (κ1) is 17.4. The second-order valence-corrected chi connectivity index (χ2v) is 7.04. The van der Waals surface area contributed by atoms with Crippen LogP contribution < -0.4 is 0 Å². The van der Waals surface area contributed by atoms with Crippen molar-refractivity contribution >= 4 is 5.91 Å². The van der Waals surface area contributed by atoms with Gasteiger partial charge in [-0.05, 0) is 38.1 Å². The molecule has 0 radical (unpaired) electrons. The lowest BCUT2D eigenvalue weighted by molar-refractivity contribution is 0.0733. The van der Waals surface area contributed by atoms with E-state index in [0.29, 0.717) is 30.9 Å². The highest BCUT2D eigenvalue weighted by Crippen LogP contribution is 2.30. The third kappa shape index (κ3) is 3.01. The maximum absolute atomic E-state index is 13.2. The number of amides is 1. The molecule has 0 fully saturated rings. The van der Waals surface area contributed by atoms with Crippen LogP contribution in [0.4, 0.5) is 4.39 Å². The molecular formula is C19H21FN6O. The summed E-state index contributed by atoms with van der Waals surface area (Å²) in [5, 5.41) is 13.0. The number of aryl methyl sites for hydroxylation is 1. The molecule has 0 spiro atoms. The molecule has 27 heavy (non-hydrogen) atoms. The van der Waals surface area contributed by atoms with Gasteiger partial charge in [0.1, 0.15) is 17.8 Å². The molecule has 0 unspecified atom stereocenters. The third-order valence-electron chi connectivity index (χ3n) is 4.96. The van der Waals surface area contributed by atoms with Crippen LogP contribution in [0.3, 0.4) is 0 Å². The van der Waals surface area contributed by atoms with Crippen LogP contribution in [0, 0.1) is 5.82 Å². The summed E-state index contributed by atoms with van der Waals surface area (Å²) in [6, 6.07) is 5.86. The van der Waals surface area contributed by atoms with Crippen molar-refractivity contribution in [3.63, 3.8) is 0 Å². The molecule has 0 saturated carbocycles. The molecule has 2 aromatic heterocycles. The second-order valence-electron chi connectivity index (χ2n) is 7.04. The fourth-order valence-electron chi connectivity index (χ4n) is 3.51. The third-order valence-corrected chi connectivity index (χ3v) is 4.96. The normalized spacial score (nSPS) is 13.9. The maximum Gasteiger partial charge on any atom is 0.254 e. The van der Waals surface area contributed by atoms with Crippen LogP contribution >= 0.6 is 0 Å². The van der Waals surface area contributed by atoms with Crippen LogP contribution in [0.15, 0.2) is 30.6 Å². The topological polar surface area (TPSA) is 68.8 Å². The predicted octanol–water partition coefficient (Wildman–Crippen LogP) is 2.60. The lowest BCUT2D eigenvalue weighted by atomic mass is 10.0. The monoisotopic (exact) mass is 368 g/mol. The molecule has 0 bridgehead atoms. The molecule has 3 heterocycles. The minimum atomic E-state index is -0.352. The van der Waals surface area contributed by atoms with Crippen molar-refractivity contribution < 1.29 is 9.18 Å². The van der Waals surface area contributed by atoms with E-state index in [0.717, 1.165) is 17.0 Å². The fraction of sp³-hybridized carbons (Fsp3) is 0.368. The van der Waals surface area contributed by atoms with Crippen molar-refractivity contribution in [1.29, 1.82) is 0 Å². The molecule has 0 N–H and O–H groups in total. The Bertz CT molecular complexity index is 988. The second kappa shape index (κ2) is 6.61. The molecule has 1 aromatic carbocycles. The Balaban J connectivity index is 1.69. The molecular weight excluding hydrogens is 347 g/mol. The zero-order valence-corrected chi connectivity index (χ0v) is 15.6. The molecule has 0 saturated heterocycles. The summed E-state index contributed by atoms with van der Waals surface area (Å²) in [4.78, 5) is 14.6. The van der Waals surface area contributed by atoms with Crippen LogP contribution in [-0.4, -0.2) is 41.9 Å². The minimum Gasteiger partial charge on any atom is -0.334 e. The molecule has 4 rings (SSSR count). The van der Waals surface area contributed by atoms with Crippen molar-refractivity contribution in [2.45, 2.75) is 32.9 Å². The highest BCUT2D eigenvalue weighted by Gasteiger charge is 2.29. The van der Waals surface area contributed by atoms with Gasteiger partial charge < -0.3 is 9.47 Å². The standard InChI is InChI=1S/C19H21FN6O/c1-12(2)26-11-21-22-18(26)17-15-10-25(9-8-16(15)24(3)23-17)19(27)13-4-6-14(20)7-5-13/h4-7,11-12H,8-10H2,1-3H3. The Morgan fingerprint density at radius 2 is 1.96 bits per heavy atom. The van der Waals surface area contributed by atoms with E-state index in [2.05, 4.69) is 29.1 Å². The van der Waals surface area contributed by atoms with Gasteiger partial charge in [-0.15, -0.1) is 10.2 Å². The predicted molar refractivity (Wildman–Crippen MR) is 97.5 cm³/mol. The summed E-state index contributed by atoms with van der Waals surface area (Å²) in [6.07, 6.45) is 2.41. The van der Waals surface area contributed by atoms with Gasteiger partial charge in [-0.1, -0.05) is 0 Å². The number of rotatable bonds is 3. The quantitative estimate of drug-likeness (QED) is 0.713. The Morgan fingerprint density at radius 3 is 2.67 bits per heavy atom. The highest BCUT2D eigenvalue weighted by molar-refractivity contribution is 5.94. The molecule has 7 nitrogen and oxygen atoms in total. The summed E-state index contributed by atoms with van der Waals surface area (Å²) in [6.45, 7) is 5.16. The lowest BCUT2D eigenvalue weighted by Crippen LogP contribution is -2.36. The minimum absolute atomic E-state index is 0.110. The van der Waals surface area contributed by atoms with E-state index in [9.17, 15) is 9.18 Å². The van der Waals surface area contributed by atoms with E-state index in [1.165, 1.54) is 24.3 Å². The van der Waals surface area contributed by atoms with Crippen LogP contribution in [-0.2, 0) is 20.0 Å². The summed E-state index contributed by atoms with van der Waals surface area (Å²) in [7, 11) is 1.91. The Labute approximate surface area is 156 Å². The summed E-state index contributed by atoms with van der Waals surface area (Å²) >= 11 is 0. The van der Waals surface area contributed by atoms with Gasteiger partial charge in [0.2, 0.25) is 0 Å². The van der Waals surface area contributed by atoms with Crippen LogP contribution in [0.1, 0.15) is 41.5 Å². The molecule has 1 aliphatic heterocycles. The summed E-state index contributed by atoms with van der Waals surface area (Å²) < 4.78 is 17.0. The maximum atomic E-state index is 13.2.